The first-order chi connectivity index (χ1) is 17.9. The third kappa shape index (κ3) is 6.96. The SMILES string of the molecule is COC(=O)c1cnc(NC(=O)[C@H](Cc2ccccc2)NC(=O)CCc2cc(Cl)ccc2-n2cnnn2)s1. The highest BCUT2D eigenvalue weighted by Crippen LogP contribution is 2.21. The summed E-state index contributed by atoms with van der Waals surface area (Å²) in [4.78, 5) is 42.1. The van der Waals surface area contributed by atoms with E-state index in [2.05, 4.69) is 35.9 Å². The number of benzene rings is 2. The van der Waals surface area contributed by atoms with E-state index in [4.69, 9.17) is 11.6 Å². The normalized spacial score (nSPS) is 11.5. The molecule has 13 heteroatoms. The Hall–Kier alpha value is -4.16. The van der Waals surface area contributed by atoms with Crippen LogP contribution in [0.5, 0.6) is 0 Å². The number of amides is 2. The van der Waals surface area contributed by atoms with Crippen LogP contribution in [-0.2, 0) is 27.2 Å². The van der Waals surface area contributed by atoms with Gasteiger partial charge >= 0.3 is 5.97 Å². The van der Waals surface area contributed by atoms with Gasteiger partial charge in [0.25, 0.3) is 0 Å². The van der Waals surface area contributed by atoms with Crippen LogP contribution in [0.2, 0.25) is 5.02 Å². The molecule has 2 N–H and O–H groups in total. The molecule has 0 unspecified atom stereocenters. The van der Waals surface area contributed by atoms with Gasteiger partial charge in [-0.2, -0.15) is 0 Å². The molecule has 4 aromatic rings. The Balaban J connectivity index is 1.45. The van der Waals surface area contributed by atoms with Gasteiger partial charge in [-0.05, 0) is 46.2 Å². The van der Waals surface area contributed by atoms with Gasteiger partial charge in [-0.3, -0.25) is 9.59 Å². The van der Waals surface area contributed by atoms with Gasteiger partial charge in [0.2, 0.25) is 11.8 Å². The van der Waals surface area contributed by atoms with Crippen molar-refractivity contribution in [3.05, 3.63) is 82.1 Å². The van der Waals surface area contributed by atoms with E-state index in [-0.39, 0.29) is 28.8 Å². The summed E-state index contributed by atoms with van der Waals surface area (Å²) < 4.78 is 6.17. The second-order valence-electron chi connectivity index (χ2n) is 7.85. The van der Waals surface area contributed by atoms with E-state index in [1.165, 1.54) is 24.3 Å². The van der Waals surface area contributed by atoms with E-state index in [1.807, 2.05) is 30.3 Å². The zero-order chi connectivity index (χ0) is 26.2. The van der Waals surface area contributed by atoms with Gasteiger partial charge in [0.15, 0.2) is 5.13 Å². The van der Waals surface area contributed by atoms with Crippen LogP contribution in [0.25, 0.3) is 5.69 Å². The molecule has 0 aliphatic carbocycles. The van der Waals surface area contributed by atoms with Gasteiger partial charge in [-0.25, -0.2) is 14.5 Å². The summed E-state index contributed by atoms with van der Waals surface area (Å²) in [5, 5.41) is 17.4. The first-order valence-corrected chi connectivity index (χ1v) is 12.3. The third-order valence-electron chi connectivity index (χ3n) is 5.32. The number of anilines is 1. The Morgan fingerprint density at radius 3 is 2.70 bits per heavy atom. The number of nitrogens with one attached hydrogen (secondary N) is 2. The number of halogens is 1. The lowest BCUT2D eigenvalue weighted by Gasteiger charge is -2.18. The second kappa shape index (κ2) is 12.2. The number of thiazole rings is 1. The highest BCUT2D eigenvalue weighted by molar-refractivity contribution is 7.17. The molecule has 2 aromatic carbocycles. The highest BCUT2D eigenvalue weighted by atomic mass is 35.5. The lowest BCUT2D eigenvalue weighted by atomic mass is 10.0. The maximum atomic E-state index is 13.1. The summed E-state index contributed by atoms with van der Waals surface area (Å²) in [6.45, 7) is 0. The fraction of sp³-hybridized carbons (Fsp3) is 0.208. The molecule has 2 aromatic heterocycles. The fourth-order valence-corrected chi connectivity index (χ4v) is 4.47. The van der Waals surface area contributed by atoms with Crippen molar-refractivity contribution in [2.24, 2.45) is 0 Å². The number of aromatic nitrogens is 5. The summed E-state index contributed by atoms with van der Waals surface area (Å²) in [7, 11) is 1.26. The summed E-state index contributed by atoms with van der Waals surface area (Å²) in [6.07, 6.45) is 3.48. The lowest BCUT2D eigenvalue weighted by Crippen LogP contribution is -2.45. The van der Waals surface area contributed by atoms with Crippen molar-refractivity contribution in [3.8, 4) is 5.69 Å². The van der Waals surface area contributed by atoms with Crippen LogP contribution in [-0.4, -0.2) is 56.1 Å². The van der Waals surface area contributed by atoms with Gasteiger partial charge in [-0.1, -0.05) is 53.3 Å². The maximum absolute atomic E-state index is 13.1. The van der Waals surface area contributed by atoms with Crippen LogP contribution in [0.15, 0.2) is 61.1 Å². The van der Waals surface area contributed by atoms with Crippen molar-refractivity contribution in [2.45, 2.75) is 25.3 Å². The fourth-order valence-electron chi connectivity index (χ4n) is 3.54. The summed E-state index contributed by atoms with van der Waals surface area (Å²) in [6, 6.07) is 13.7. The quantitative estimate of drug-likeness (QED) is 0.293. The van der Waals surface area contributed by atoms with Crippen LogP contribution in [0.1, 0.15) is 27.2 Å². The summed E-state index contributed by atoms with van der Waals surface area (Å²) in [5.74, 6) is -1.33. The number of rotatable bonds is 10. The molecular weight excluding hydrogens is 518 g/mol. The summed E-state index contributed by atoms with van der Waals surface area (Å²) >= 11 is 7.15. The zero-order valence-corrected chi connectivity index (χ0v) is 21.2. The van der Waals surface area contributed by atoms with Crippen molar-refractivity contribution in [1.29, 1.82) is 0 Å². The largest absolute Gasteiger partial charge is 0.465 e. The predicted octanol–water partition coefficient (Wildman–Crippen LogP) is 2.86. The van der Waals surface area contributed by atoms with Crippen LogP contribution >= 0.6 is 22.9 Å². The van der Waals surface area contributed by atoms with Crippen LogP contribution in [0.3, 0.4) is 0 Å². The number of carbonyl (C=O) groups excluding carboxylic acids is 3. The standard InChI is InChI=1S/C24H22ClN7O4S/c1-36-23(35)20-13-26-24(37-20)29-22(34)18(11-15-5-3-2-4-6-15)28-21(33)10-7-16-12-17(25)8-9-19(16)32-14-27-30-31-32/h2-6,8-9,12-14,18H,7,10-11H2,1H3,(H,28,33)(H,26,29,34)/t18-/m0/s1. The number of nitrogens with zero attached hydrogens (tertiary/aromatic N) is 5. The Labute approximate surface area is 220 Å². The molecule has 0 fully saturated rings. The van der Waals surface area contributed by atoms with Crippen molar-refractivity contribution in [2.75, 3.05) is 12.4 Å². The molecule has 190 valence electrons. The van der Waals surface area contributed by atoms with Crippen molar-refractivity contribution < 1.29 is 19.1 Å². The molecule has 0 bridgehead atoms. The molecule has 0 saturated carbocycles. The van der Waals surface area contributed by atoms with Crippen molar-refractivity contribution in [1.82, 2.24) is 30.5 Å². The number of ether oxygens (including phenoxy) is 1. The molecule has 11 nitrogen and oxygen atoms in total. The first-order valence-electron chi connectivity index (χ1n) is 11.1. The second-order valence-corrected chi connectivity index (χ2v) is 9.31. The van der Waals surface area contributed by atoms with E-state index in [0.29, 0.717) is 17.1 Å². The minimum atomic E-state index is -0.876. The molecule has 0 spiro atoms. The van der Waals surface area contributed by atoms with Gasteiger partial charge < -0.3 is 15.4 Å². The maximum Gasteiger partial charge on any atom is 0.349 e. The van der Waals surface area contributed by atoms with Gasteiger partial charge in [0.1, 0.15) is 17.2 Å². The van der Waals surface area contributed by atoms with E-state index in [9.17, 15) is 14.4 Å². The number of aryl methyl sites for hydroxylation is 1. The lowest BCUT2D eigenvalue weighted by molar-refractivity contribution is -0.126. The molecule has 2 heterocycles. The van der Waals surface area contributed by atoms with Crippen LogP contribution in [0.4, 0.5) is 5.13 Å². The number of hydrogen-bond donors (Lipinski definition) is 2. The smallest absolute Gasteiger partial charge is 0.349 e. The van der Waals surface area contributed by atoms with E-state index in [1.54, 1.807) is 18.2 Å². The first kappa shape index (κ1) is 25.9. The van der Waals surface area contributed by atoms with Gasteiger partial charge in [0.05, 0.1) is 19.0 Å². The Bertz CT molecular complexity index is 1380. The number of tetrazole rings is 1. The molecular formula is C24H22ClN7O4S. The molecule has 0 aliphatic heterocycles. The molecule has 0 saturated heterocycles. The van der Waals surface area contributed by atoms with Crippen LogP contribution < -0.4 is 10.6 Å². The number of esters is 1. The van der Waals surface area contributed by atoms with E-state index in [0.717, 1.165) is 22.5 Å². The molecule has 0 aliphatic rings. The third-order valence-corrected chi connectivity index (χ3v) is 6.44. The zero-order valence-electron chi connectivity index (χ0n) is 19.6. The van der Waals surface area contributed by atoms with Crippen molar-refractivity contribution >= 4 is 45.9 Å². The number of hydrogen-bond acceptors (Lipinski definition) is 9. The minimum Gasteiger partial charge on any atom is -0.465 e. The average Bonchev–Trinajstić information content (AvgIpc) is 3.60. The molecule has 0 radical (unpaired) electrons. The monoisotopic (exact) mass is 539 g/mol. The van der Waals surface area contributed by atoms with Gasteiger partial charge in [-0.15, -0.1) is 5.10 Å². The summed E-state index contributed by atoms with van der Waals surface area (Å²) in [5.41, 5.74) is 2.34. The van der Waals surface area contributed by atoms with Crippen LogP contribution in [0, 0.1) is 0 Å². The van der Waals surface area contributed by atoms with Crippen molar-refractivity contribution in [3.63, 3.8) is 0 Å². The molecule has 4 rings (SSSR count). The van der Waals surface area contributed by atoms with Gasteiger partial charge in [0, 0.05) is 17.9 Å². The highest BCUT2D eigenvalue weighted by Gasteiger charge is 2.23. The average molecular weight is 540 g/mol. The molecule has 1 atom stereocenters. The number of carbonyl (C=O) groups is 3. The topological polar surface area (TPSA) is 141 Å². The Morgan fingerprint density at radius 2 is 1.97 bits per heavy atom. The van der Waals surface area contributed by atoms with E-state index < -0.39 is 17.9 Å². The Morgan fingerprint density at radius 1 is 1.16 bits per heavy atom. The molecule has 2 amide bonds. The molecule has 37 heavy (non-hydrogen) atoms. The predicted molar refractivity (Wildman–Crippen MR) is 137 cm³/mol. The number of methoxy groups -OCH3 is 1. The minimum absolute atomic E-state index is 0.0950. The van der Waals surface area contributed by atoms with E-state index >= 15 is 0 Å². The Kier molecular flexibility index (Phi) is 8.54.